The van der Waals surface area contributed by atoms with E-state index in [0.29, 0.717) is 16.4 Å². The highest BCUT2D eigenvalue weighted by Crippen LogP contribution is 2.34. The summed E-state index contributed by atoms with van der Waals surface area (Å²) in [6.45, 7) is 0.0187. The molecular formula is C17H14FO4PS. The van der Waals surface area contributed by atoms with Crippen molar-refractivity contribution in [2.75, 3.05) is 12.9 Å². The molecular weight excluding hydrogens is 350 g/mol. The van der Waals surface area contributed by atoms with Crippen molar-refractivity contribution in [2.45, 2.75) is 4.90 Å². The van der Waals surface area contributed by atoms with Crippen LogP contribution in [0.25, 0.3) is 11.1 Å². The Morgan fingerprint density at radius 2 is 1.79 bits per heavy atom. The Hall–Kier alpha value is -2.04. The Bertz CT molecular complexity index is 942. The molecule has 0 saturated carbocycles. The van der Waals surface area contributed by atoms with Crippen LogP contribution in [0.4, 0.5) is 4.39 Å². The Labute approximate surface area is 141 Å². The maximum Gasteiger partial charge on any atom is 0.339 e. The lowest BCUT2D eigenvalue weighted by atomic mass is 9.96. The normalized spacial score (nSPS) is 14.9. The van der Waals surface area contributed by atoms with Crippen LogP contribution in [-0.2, 0) is 19.4 Å². The number of carbonyl (C=O) groups is 1. The standard InChI is InChI=1S/C17H14FO4PS/c1-24(20,21)11-7-5-10(6-8-11)12-9-22-17(19)15(12)16-13(18)3-2-4-14(16)23/h2-8H,9,23H2,1H3. The van der Waals surface area contributed by atoms with Crippen LogP contribution in [0.2, 0.25) is 0 Å². The van der Waals surface area contributed by atoms with Gasteiger partial charge in [0.05, 0.1) is 10.5 Å². The van der Waals surface area contributed by atoms with Crippen LogP contribution >= 0.6 is 9.24 Å². The van der Waals surface area contributed by atoms with Crippen molar-refractivity contribution in [3.8, 4) is 0 Å². The molecule has 0 radical (unpaired) electrons. The van der Waals surface area contributed by atoms with E-state index in [4.69, 9.17) is 4.74 Å². The molecule has 2 aromatic rings. The van der Waals surface area contributed by atoms with Gasteiger partial charge in [-0.3, -0.25) is 0 Å². The van der Waals surface area contributed by atoms with E-state index < -0.39 is 21.6 Å². The molecule has 7 heteroatoms. The Balaban J connectivity index is 2.17. The van der Waals surface area contributed by atoms with Gasteiger partial charge in [0.25, 0.3) is 0 Å². The van der Waals surface area contributed by atoms with Gasteiger partial charge >= 0.3 is 5.97 Å². The van der Waals surface area contributed by atoms with Crippen LogP contribution in [0.3, 0.4) is 0 Å². The van der Waals surface area contributed by atoms with Crippen molar-refractivity contribution >= 4 is 41.5 Å². The van der Waals surface area contributed by atoms with Gasteiger partial charge in [0, 0.05) is 17.4 Å². The van der Waals surface area contributed by atoms with Gasteiger partial charge in [0.2, 0.25) is 0 Å². The van der Waals surface area contributed by atoms with E-state index in [0.717, 1.165) is 6.26 Å². The number of carbonyl (C=O) groups excluding carboxylic acids is 1. The quantitative estimate of drug-likeness (QED) is 0.619. The van der Waals surface area contributed by atoms with E-state index in [9.17, 15) is 17.6 Å². The number of hydrogen-bond acceptors (Lipinski definition) is 4. The first-order valence-corrected chi connectivity index (χ1v) is 9.51. The number of benzene rings is 2. The molecule has 24 heavy (non-hydrogen) atoms. The Morgan fingerprint density at radius 1 is 1.12 bits per heavy atom. The van der Waals surface area contributed by atoms with E-state index in [1.165, 1.54) is 18.2 Å². The number of rotatable bonds is 3. The summed E-state index contributed by atoms with van der Waals surface area (Å²) in [7, 11) is -0.904. The third-order valence-corrected chi connectivity index (χ3v) is 5.39. The van der Waals surface area contributed by atoms with E-state index in [2.05, 4.69) is 9.24 Å². The molecule has 1 atom stereocenters. The van der Waals surface area contributed by atoms with Crippen LogP contribution in [0, 0.1) is 5.82 Å². The zero-order valence-electron chi connectivity index (χ0n) is 12.7. The number of hydrogen-bond donors (Lipinski definition) is 0. The zero-order valence-corrected chi connectivity index (χ0v) is 14.7. The predicted molar refractivity (Wildman–Crippen MR) is 93.1 cm³/mol. The van der Waals surface area contributed by atoms with Gasteiger partial charge in [-0.2, -0.15) is 0 Å². The van der Waals surface area contributed by atoms with Crippen LogP contribution in [0.1, 0.15) is 11.1 Å². The molecule has 4 nitrogen and oxygen atoms in total. The SMILES string of the molecule is CS(=O)(=O)c1ccc(C2=C(c3c(F)cccc3P)C(=O)OC2)cc1. The molecule has 2 aromatic carbocycles. The highest BCUT2D eigenvalue weighted by atomic mass is 32.2. The van der Waals surface area contributed by atoms with Crippen LogP contribution in [-0.4, -0.2) is 27.2 Å². The fourth-order valence-electron chi connectivity index (χ4n) is 2.59. The average Bonchev–Trinajstić information content (AvgIpc) is 2.88. The smallest absolute Gasteiger partial charge is 0.339 e. The van der Waals surface area contributed by atoms with Gasteiger partial charge in [-0.1, -0.05) is 24.3 Å². The van der Waals surface area contributed by atoms with Crippen molar-refractivity contribution in [3.63, 3.8) is 0 Å². The molecule has 0 amide bonds. The third-order valence-electron chi connectivity index (χ3n) is 3.78. The largest absolute Gasteiger partial charge is 0.457 e. The molecule has 3 rings (SSSR count). The van der Waals surface area contributed by atoms with Crippen molar-refractivity contribution in [1.82, 2.24) is 0 Å². The van der Waals surface area contributed by atoms with E-state index in [1.54, 1.807) is 24.3 Å². The molecule has 0 bridgehead atoms. The van der Waals surface area contributed by atoms with Crippen LogP contribution < -0.4 is 5.30 Å². The number of cyclic esters (lactones) is 1. The summed E-state index contributed by atoms with van der Waals surface area (Å²) in [5, 5.41) is 0.550. The molecule has 124 valence electrons. The highest BCUT2D eigenvalue weighted by Gasteiger charge is 2.30. The predicted octanol–water partition coefficient (Wildman–Crippen LogP) is 2.20. The fourth-order valence-corrected chi connectivity index (χ4v) is 3.62. The van der Waals surface area contributed by atoms with Gasteiger partial charge in [0.1, 0.15) is 12.4 Å². The molecule has 0 fully saturated rings. The molecule has 0 N–H and O–H groups in total. The summed E-state index contributed by atoms with van der Waals surface area (Å²) in [4.78, 5) is 12.3. The first-order chi connectivity index (χ1) is 11.3. The minimum atomic E-state index is -3.31. The van der Waals surface area contributed by atoms with E-state index in [-0.39, 0.29) is 22.6 Å². The number of halogens is 1. The molecule has 1 heterocycles. The lowest BCUT2D eigenvalue weighted by Crippen LogP contribution is -2.09. The second-order valence-electron chi connectivity index (χ2n) is 5.43. The summed E-state index contributed by atoms with van der Waals surface area (Å²) in [5.41, 5.74) is 1.52. The van der Waals surface area contributed by atoms with Crippen molar-refractivity contribution < 1.29 is 22.3 Å². The topological polar surface area (TPSA) is 60.4 Å². The maximum absolute atomic E-state index is 14.3. The summed E-state index contributed by atoms with van der Waals surface area (Å²) in [6.07, 6.45) is 1.12. The minimum Gasteiger partial charge on any atom is -0.457 e. The average molecular weight is 364 g/mol. The van der Waals surface area contributed by atoms with E-state index >= 15 is 0 Å². The molecule has 1 aliphatic heterocycles. The monoisotopic (exact) mass is 364 g/mol. The lowest BCUT2D eigenvalue weighted by Gasteiger charge is -2.09. The van der Waals surface area contributed by atoms with Crippen LogP contribution in [0.15, 0.2) is 47.4 Å². The number of esters is 1. The lowest BCUT2D eigenvalue weighted by molar-refractivity contribution is -0.133. The van der Waals surface area contributed by atoms with Crippen molar-refractivity contribution in [1.29, 1.82) is 0 Å². The number of sulfone groups is 1. The van der Waals surface area contributed by atoms with Crippen LogP contribution in [0.5, 0.6) is 0 Å². The van der Waals surface area contributed by atoms with E-state index in [1.807, 2.05) is 0 Å². The van der Waals surface area contributed by atoms with Crippen molar-refractivity contribution in [3.05, 3.63) is 59.4 Å². The summed E-state index contributed by atoms with van der Waals surface area (Å²) in [6, 6.07) is 10.6. The second-order valence-corrected chi connectivity index (χ2v) is 8.07. The molecule has 1 unspecified atom stereocenters. The molecule has 0 aromatic heterocycles. The molecule has 0 saturated heterocycles. The molecule has 0 spiro atoms. The number of ether oxygens (including phenoxy) is 1. The van der Waals surface area contributed by atoms with Gasteiger partial charge in [-0.15, -0.1) is 9.24 Å². The molecule has 1 aliphatic rings. The summed E-state index contributed by atoms with van der Waals surface area (Å²) in [5.74, 6) is -1.10. The molecule has 0 aliphatic carbocycles. The van der Waals surface area contributed by atoms with Gasteiger partial charge in [-0.25, -0.2) is 17.6 Å². The van der Waals surface area contributed by atoms with Gasteiger partial charge < -0.3 is 4.74 Å². The zero-order chi connectivity index (χ0) is 17.5. The van der Waals surface area contributed by atoms with Gasteiger partial charge in [-0.05, 0) is 29.1 Å². The minimum absolute atomic E-state index is 0.0187. The summed E-state index contributed by atoms with van der Waals surface area (Å²) < 4.78 is 42.4. The Kier molecular flexibility index (Phi) is 4.28. The maximum atomic E-state index is 14.3. The first-order valence-electron chi connectivity index (χ1n) is 7.04. The summed E-state index contributed by atoms with van der Waals surface area (Å²) >= 11 is 0. The fraction of sp³-hybridized carbons (Fsp3) is 0.118. The first kappa shape index (κ1) is 16.8. The third kappa shape index (κ3) is 2.99. The highest BCUT2D eigenvalue weighted by molar-refractivity contribution is 7.90. The Morgan fingerprint density at radius 3 is 2.38 bits per heavy atom. The van der Waals surface area contributed by atoms with Crippen molar-refractivity contribution in [2.24, 2.45) is 0 Å². The second kappa shape index (κ2) is 6.11. The van der Waals surface area contributed by atoms with Gasteiger partial charge in [0.15, 0.2) is 9.84 Å².